The lowest BCUT2D eigenvalue weighted by atomic mass is 10.2. The number of aromatic nitrogens is 1. The largest absolute Gasteiger partial charge is 0.360 e. The SMILES string of the molecule is Cc1noc(C)c1S(=O)(=O)N(C)Cc1ccc([Si](C)(C)C)cc1. The van der Waals surface area contributed by atoms with E-state index < -0.39 is 18.1 Å². The number of hydrogen-bond donors (Lipinski definition) is 0. The molecule has 1 aromatic heterocycles. The minimum atomic E-state index is -3.61. The van der Waals surface area contributed by atoms with Gasteiger partial charge in [0.25, 0.3) is 0 Å². The standard InChI is InChI=1S/C16H24N2O3SSi/c1-12-16(13(2)21-17-12)22(19,20)18(3)11-14-7-9-15(10-8-14)23(4,5)6/h7-10H,11H2,1-6H3. The third-order valence-corrected chi connectivity index (χ3v) is 7.98. The maximum atomic E-state index is 12.7. The van der Waals surface area contributed by atoms with Crippen LogP contribution in [0.1, 0.15) is 17.0 Å². The molecule has 0 radical (unpaired) electrons. The van der Waals surface area contributed by atoms with Crippen molar-refractivity contribution in [2.45, 2.75) is 44.9 Å². The molecule has 0 atom stereocenters. The summed E-state index contributed by atoms with van der Waals surface area (Å²) in [5.74, 6) is 0.323. The van der Waals surface area contributed by atoms with Gasteiger partial charge in [-0.05, 0) is 19.4 Å². The molecule has 0 saturated heterocycles. The molecular formula is C16H24N2O3SSi. The highest BCUT2D eigenvalue weighted by Gasteiger charge is 2.28. The van der Waals surface area contributed by atoms with E-state index in [2.05, 4.69) is 36.9 Å². The van der Waals surface area contributed by atoms with Crippen LogP contribution in [0.3, 0.4) is 0 Å². The van der Waals surface area contributed by atoms with Crippen LogP contribution < -0.4 is 5.19 Å². The van der Waals surface area contributed by atoms with Crippen molar-refractivity contribution in [2.24, 2.45) is 0 Å². The molecule has 126 valence electrons. The van der Waals surface area contributed by atoms with Gasteiger partial charge < -0.3 is 4.52 Å². The van der Waals surface area contributed by atoms with E-state index in [1.54, 1.807) is 20.9 Å². The number of benzene rings is 1. The Kier molecular flexibility index (Phi) is 4.84. The van der Waals surface area contributed by atoms with Crippen molar-refractivity contribution in [2.75, 3.05) is 7.05 Å². The van der Waals surface area contributed by atoms with Crippen LogP contribution in [0.15, 0.2) is 33.7 Å². The Balaban J connectivity index is 2.23. The van der Waals surface area contributed by atoms with Gasteiger partial charge in [-0.1, -0.05) is 54.2 Å². The van der Waals surface area contributed by atoms with Gasteiger partial charge in [0, 0.05) is 13.6 Å². The van der Waals surface area contributed by atoms with Crippen molar-refractivity contribution in [3.05, 3.63) is 41.3 Å². The molecule has 0 N–H and O–H groups in total. The monoisotopic (exact) mass is 352 g/mol. The maximum absolute atomic E-state index is 12.7. The Morgan fingerprint density at radius 3 is 2.13 bits per heavy atom. The molecule has 0 aliphatic rings. The van der Waals surface area contributed by atoms with Crippen LogP contribution in [-0.2, 0) is 16.6 Å². The van der Waals surface area contributed by atoms with Crippen molar-refractivity contribution >= 4 is 23.3 Å². The summed E-state index contributed by atoms with van der Waals surface area (Å²) < 4.78 is 31.7. The molecule has 0 bridgehead atoms. The van der Waals surface area contributed by atoms with Crippen LogP contribution in [0, 0.1) is 13.8 Å². The summed E-state index contributed by atoms with van der Waals surface area (Å²) in [6, 6.07) is 8.23. The van der Waals surface area contributed by atoms with Crippen LogP contribution in [0.5, 0.6) is 0 Å². The lowest BCUT2D eigenvalue weighted by molar-refractivity contribution is 0.389. The fourth-order valence-electron chi connectivity index (χ4n) is 2.45. The van der Waals surface area contributed by atoms with Gasteiger partial charge in [0.1, 0.15) is 10.6 Å². The molecular weight excluding hydrogens is 328 g/mol. The first-order chi connectivity index (χ1) is 10.5. The van der Waals surface area contributed by atoms with Gasteiger partial charge in [-0.2, -0.15) is 4.31 Å². The lowest BCUT2D eigenvalue weighted by Gasteiger charge is -2.19. The molecule has 2 rings (SSSR count). The number of hydrogen-bond acceptors (Lipinski definition) is 4. The highest BCUT2D eigenvalue weighted by Crippen LogP contribution is 2.23. The van der Waals surface area contributed by atoms with E-state index in [9.17, 15) is 8.42 Å². The summed E-state index contributed by atoms with van der Waals surface area (Å²) in [6.07, 6.45) is 0. The van der Waals surface area contributed by atoms with Crippen LogP contribution in [-0.4, -0.2) is 33.0 Å². The molecule has 7 heteroatoms. The second kappa shape index (κ2) is 6.22. The Morgan fingerprint density at radius 2 is 1.70 bits per heavy atom. The second-order valence-corrected chi connectivity index (χ2v) is 13.9. The number of aryl methyl sites for hydroxylation is 2. The van der Waals surface area contributed by atoms with E-state index >= 15 is 0 Å². The average molecular weight is 353 g/mol. The second-order valence-electron chi connectivity index (χ2n) is 6.86. The molecule has 0 unspecified atom stereocenters. The molecule has 0 aliphatic heterocycles. The third kappa shape index (κ3) is 3.73. The molecule has 1 heterocycles. The summed E-state index contributed by atoms with van der Waals surface area (Å²) in [7, 11) is -3.37. The molecule has 0 aliphatic carbocycles. The average Bonchev–Trinajstić information content (AvgIpc) is 2.78. The first kappa shape index (κ1) is 17.9. The maximum Gasteiger partial charge on any atom is 0.248 e. The number of rotatable bonds is 5. The molecule has 0 fully saturated rings. The molecule has 23 heavy (non-hydrogen) atoms. The van der Waals surface area contributed by atoms with E-state index in [-0.39, 0.29) is 4.90 Å². The molecule has 2 aromatic rings. The Bertz CT molecular complexity index is 770. The summed E-state index contributed by atoms with van der Waals surface area (Å²) in [5.41, 5.74) is 1.35. The quantitative estimate of drug-likeness (QED) is 0.776. The predicted molar refractivity (Wildman–Crippen MR) is 94.1 cm³/mol. The fourth-order valence-corrected chi connectivity index (χ4v) is 5.06. The normalized spacial score (nSPS) is 12.8. The van der Waals surface area contributed by atoms with E-state index in [0.29, 0.717) is 18.0 Å². The summed E-state index contributed by atoms with van der Waals surface area (Å²) >= 11 is 0. The van der Waals surface area contributed by atoms with Crippen molar-refractivity contribution in [1.29, 1.82) is 0 Å². The molecule has 0 amide bonds. The van der Waals surface area contributed by atoms with Gasteiger partial charge in [0.05, 0.1) is 8.07 Å². The minimum Gasteiger partial charge on any atom is -0.360 e. The zero-order chi connectivity index (χ0) is 17.4. The van der Waals surface area contributed by atoms with Gasteiger partial charge >= 0.3 is 0 Å². The fraction of sp³-hybridized carbons (Fsp3) is 0.438. The van der Waals surface area contributed by atoms with Gasteiger partial charge in [0.15, 0.2) is 5.76 Å². The molecule has 1 aromatic carbocycles. The Labute approximate surface area is 139 Å². The van der Waals surface area contributed by atoms with E-state index in [4.69, 9.17) is 4.52 Å². The predicted octanol–water partition coefficient (Wildman–Crippen LogP) is 2.66. The Hall–Kier alpha value is -1.44. The van der Waals surface area contributed by atoms with Crippen molar-refractivity contribution in [3.8, 4) is 0 Å². The van der Waals surface area contributed by atoms with Crippen LogP contribution in [0.25, 0.3) is 0 Å². The smallest absolute Gasteiger partial charge is 0.248 e. The topological polar surface area (TPSA) is 63.4 Å². The van der Waals surface area contributed by atoms with Gasteiger partial charge in [0.2, 0.25) is 10.0 Å². The van der Waals surface area contributed by atoms with Crippen molar-refractivity contribution in [1.82, 2.24) is 9.46 Å². The molecule has 0 saturated carbocycles. The third-order valence-electron chi connectivity index (χ3n) is 3.86. The first-order valence-electron chi connectivity index (χ1n) is 7.52. The summed E-state index contributed by atoms with van der Waals surface area (Å²) in [4.78, 5) is 0.165. The zero-order valence-electron chi connectivity index (χ0n) is 14.5. The van der Waals surface area contributed by atoms with Crippen molar-refractivity contribution < 1.29 is 12.9 Å². The van der Waals surface area contributed by atoms with Crippen LogP contribution >= 0.6 is 0 Å². The molecule has 0 spiro atoms. The summed E-state index contributed by atoms with van der Waals surface area (Å²) in [5, 5.41) is 5.09. The zero-order valence-corrected chi connectivity index (χ0v) is 16.4. The van der Waals surface area contributed by atoms with Gasteiger partial charge in [-0.25, -0.2) is 8.42 Å². The first-order valence-corrected chi connectivity index (χ1v) is 12.5. The highest BCUT2D eigenvalue weighted by atomic mass is 32.2. The van der Waals surface area contributed by atoms with Crippen LogP contribution in [0.2, 0.25) is 19.6 Å². The van der Waals surface area contributed by atoms with E-state index in [1.165, 1.54) is 9.49 Å². The lowest BCUT2D eigenvalue weighted by Crippen LogP contribution is -2.37. The Morgan fingerprint density at radius 1 is 1.13 bits per heavy atom. The minimum absolute atomic E-state index is 0.165. The number of nitrogens with zero attached hydrogens (tertiary/aromatic N) is 2. The van der Waals surface area contributed by atoms with Gasteiger partial charge in [-0.15, -0.1) is 0 Å². The molecule has 5 nitrogen and oxygen atoms in total. The van der Waals surface area contributed by atoms with E-state index in [0.717, 1.165) is 5.56 Å². The van der Waals surface area contributed by atoms with E-state index in [1.807, 2.05) is 12.1 Å². The van der Waals surface area contributed by atoms with Crippen LogP contribution in [0.4, 0.5) is 0 Å². The van der Waals surface area contributed by atoms with Crippen molar-refractivity contribution in [3.63, 3.8) is 0 Å². The highest BCUT2D eigenvalue weighted by molar-refractivity contribution is 7.89. The summed E-state index contributed by atoms with van der Waals surface area (Å²) in [6.45, 7) is 10.4. The number of sulfonamides is 1. The van der Waals surface area contributed by atoms with Gasteiger partial charge in [-0.3, -0.25) is 0 Å².